The monoisotopic (exact) mass is 178 g/mol. The van der Waals surface area contributed by atoms with E-state index in [1.165, 1.54) is 0 Å². The van der Waals surface area contributed by atoms with E-state index in [9.17, 15) is 26.3 Å². The lowest BCUT2D eigenvalue weighted by molar-refractivity contribution is -0.125. The van der Waals surface area contributed by atoms with E-state index in [-0.39, 0.29) is 6.08 Å². The second-order valence-corrected chi connectivity index (χ2v) is 1.76. The molecule has 0 aromatic carbocycles. The molecule has 0 amide bonds. The number of hydrogen-bond donors (Lipinski definition) is 0. The summed E-state index contributed by atoms with van der Waals surface area (Å²) in [4.78, 5) is 0. The summed E-state index contributed by atoms with van der Waals surface area (Å²) in [5.41, 5.74) is 0. The quantitative estimate of drug-likeness (QED) is 0.427. The van der Waals surface area contributed by atoms with Crippen LogP contribution >= 0.6 is 0 Å². The van der Waals surface area contributed by atoms with E-state index in [0.717, 1.165) is 0 Å². The smallest absolute Gasteiger partial charge is 0.171 e. The lowest BCUT2D eigenvalue weighted by Crippen LogP contribution is -2.06. The van der Waals surface area contributed by atoms with E-state index in [4.69, 9.17) is 0 Å². The number of halogens is 6. The van der Waals surface area contributed by atoms with Crippen LogP contribution in [0.25, 0.3) is 0 Å². The van der Waals surface area contributed by atoms with Gasteiger partial charge < -0.3 is 0 Å². The fourth-order valence-corrected chi connectivity index (χ4v) is 0.326. The highest BCUT2D eigenvalue weighted by Crippen LogP contribution is 2.22. The zero-order valence-corrected chi connectivity index (χ0v) is 5.13. The molecular weight excluding hydrogens is 174 g/mol. The average Bonchev–Trinajstić information content (AvgIpc) is 1.55. The van der Waals surface area contributed by atoms with Crippen LogP contribution in [-0.2, 0) is 0 Å². The summed E-state index contributed by atoms with van der Waals surface area (Å²) in [7, 11) is 0. The molecule has 0 aromatic rings. The largest absolute Gasteiger partial charge is 0.409 e. The highest BCUT2D eigenvalue weighted by Gasteiger charge is 2.27. The fourth-order valence-electron chi connectivity index (χ4n) is 0.326. The molecular formula is C5H4F6. The molecule has 0 atom stereocenters. The Morgan fingerprint density at radius 2 is 1.36 bits per heavy atom. The van der Waals surface area contributed by atoms with Crippen molar-refractivity contribution in [3.63, 3.8) is 0 Å². The molecule has 0 saturated carbocycles. The number of rotatable bonds is 1. The maximum atomic E-state index is 11.2. The first-order valence-electron chi connectivity index (χ1n) is 2.52. The first-order valence-corrected chi connectivity index (χ1v) is 2.52. The van der Waals surface area contributed by atoms with Gasteiger partial charge in [-0.25, -0.2) is 0 Å². The van der Waals surface area contributed by atoms with Crippen molar-refractivity contribution in [3.8, 4) is 0 Å². The minimum atomic E-state index is -4.66. The molecule has 0 radical (unpaired) electrons. The summed E-state index contributed by atoms with van der Waals surface area (Å²) in [6.07, 6.45) is -11.2. The summed E-state index contributed by atoms with van der Waals surface area (Å²) in [6, 6.07) is 0. The molecule has 0 unspecified atom stereocenters. The number of allylic oxidation sites excluding steroid dienone is 2. The van der Waals surface area contributed by atoms with Crippen molar-refractivity contribution in [2.45, 2.75) is 18.8 Å². The molecule has 0 aliphatic rings. The third-order valence-electron chi connectivity index (χ3n) is 0.656. The average molecular weight is 178 g/mol. The first kappa shape index (κ1) is 10.3. The van der Waals surface area contributed by atoms with Crippen LogP contribution in [-0.4, -0.2) is 12.4 Å². The van der Waals surface area contributed by atoms with E-state index in [2.05, 4.69) is 0 Å². The Balaban J connectivity index is 3.80. The van der Waals surface area contributed by atoms with E-state index in [1.807, 2.05) is 0 Å². The Kier molecular flexibility index (Phi) is 2.95. The molecule has 0 nitrogen and oxygen atoms in total. The van der Waals surface area contributed by atoms with Gasteiger partial charge in [0, 0.05) is 6.08 Å². The summed E-state index contributed by atoms with van der Waals surface area (Å²) >= 11 is 0. The van der Waals surface area contributed by atoms with Crippen molar-refractivity contribution in [2.75, 3.05) is 0 Å². The van der Waals surface area contributed by atoms with Crippen molar-refractivity contribution in [2.24, 2.45) is 0 Å². The fraction of sp³-hybridized carbons (Fsp3) is 0.600. The van der Waals surface area contributed by atoms with Crippen LogP contribution in [0.5, 0.6) is 0 Å². The van der Waals surface area contributed by atoms with E-state index < -0.39 is 24.8 Å². The van der Waals surface area contributed by atoms with Gasteiger partial charge in [-0.15, -0.1) is 0 Å². The molecule has 0 spiro atoms. The van der Waals surface area contributed by atoms with Crippen LogP contribution < -0.4 is 0 Å². The Bertz CT molecular complexity index is 138. The van der Waals surface area contributed by atoms with Gasteiger partial charge in [0.25, 0.3) is 0 Å². The normalized spacial score (nSPS) is 14.4. The topological polar surface area (TPSA) is 0 Å². The summed E-state index contributed by atoms with van der Waals surface area (Å²) in [5.74, 6) is 0. The molecule has 0 saturated heterocycles. The van der Waals surface area contributed by atoms with Crippen LogP contribution in [0.15, 0.2) is 12.2 Å². The van der Waals surface area contributed by atoms with E-state index >= 15 is 0 Å². The van der Waals surface area contributed by atoms with Gasteiger partial charge in [-0.1, -0.05) is 6.08 Å². The second kappa shape index (κ2) is 3.15. The summed E-state index contributed by atoms with van der Waals surface area (Å²) in [5, 5.41) is 0. The minimum Gasteiger partial charge on any atom is -0.171 e. The highest BCUT2D eigenvalue weighted by molar-refractivity contribution is 4.89. The third-order valence-corrected chi connectivity index (χ3v) is 0.656. The van der Waals surface area contributed by atoms with Gasteiger partial charge in [0.2, 0.25) is 0 Å². The summed E-state index contributed by atoms with van der Waals surface area (Å²) < 4.78 is 67.2. The molecule has 11 heavy (non-hydrogen) atoms. The summed E-state index contributed by atoms with van der Waals surface area (Å²) in [6.45, 7) is 0. The Hall–Kier alpha value is -0.680. The first-order chi connectivity index (χ1) is 4.71. The molecule has 66 valence electrons. The van der Waals surface area contributed by atoms with Crippen LogP contribution in [0.4, 0.5) is 26.3 Å². The number of alkyl halides is 6. The molecule has 0 aromatic heterocycles. The van der Waals surface area contributed by atoms with Crippen molar-refractivity contribution in [1.29, 1.82) is 0 Å². The Morgan fingerprint density at radius 3 is 1.64 bits per heavy atom. The van der Waals surface area contributed by atoms with Gasteiger partial charge in [0.05, 0.1) is 6.42 Å². The lowest BCUT2D eigenvalue weighted by atomic mass is 10.3. The van der Waals surface area contributed by atoms with E-state index in [1.54, 1.807) is 0 Å². The van der Waals surface area contributed by atoms with Crippen molar-refractivity contribution in [1.82, 2.24) is 0 Å². The van der Waals surface area contributed by atoms with Crippen LogP contribution in [0.3, 0.4) is 0 Å². The predicted molar refractivity (Wildman–Crippen MR) is 25.9 cm³/mol. The Labute approximate surface area is 58.5 Å². The maximum absolute atomic E-state index is 11.2. The van der Waals surface area contributed by atoms with Gasteiger partial charge in [-0.2, -0.15) is 26.3 Å². The van der Waals surface area contributed by atoms with Gasteiger partial charge in [0.15, 0.2) is 0 Å². The van der Waals surface area contributed by atoms with Crippen LogP contribution in [0, 0.1) is 0 Å². The van der Waals surface area contributed by atoms with Crippen molar-refractivity contribution >= 4 is 0 Å². The number of hydrogen-bond acceptors (Lipinski definition) is 0. The minimum absolute atomic E-state index is 0.0417. The molecule has 0 fully saturated rings. The molecule has 0 aliphatic heterocycles. The third kappa shape index (κ3) is 9.32. The van der Waals surface area contributed by atoms with Crippen molar-refractivity contribution in [3.05, 3.63) is 12.2 Å². The Morgan fingerprint density at radius 1 is 0.909 bits per heavy atom. The molecule has 0 bridgehead atoms. The zero-order chi connectivity index (χ0) is 9.12. The highest BCUT2D eigenvalue weighted by atomic mass is 19.4. The molecule has 0 N–H and O–H groups in total. The van der Waals surface area contributed by atoms with Gasteiger partial charge in [-0.05, 0) is 0 Å². The molecule has 0 aliphatic carbocycles. The van der Waals surface area contributed by atoms with Crippen molar-refractivity contribution < 1.29 is 26.3 Å². The van der Waals surface area contributed by atoms with Crippen LogP contribution in [0.1, 0.15) is 6.42 Å². The standard InChI is InChI=1S/C5H4F6/c6-4(7,8)2-1-3-5(9,10)11/h1-2H,3H2. The SMILES string of the molecule is FC(F)(F)C=CCC(F)(F)F. The predicted octanol–water partition coefficient (Wildman–Crippen LogP) is 3.06. The van der Waals surface area contributed by atoms with E-state index in [0.29, 0.717) is 0 Å². The van der Waals surface area contributed by atoms with Gasteiger partial charge in [0.1, 0.15) is 0 Å². The lowest BCUT2D eigenvalue weighted by Gasteiger charge is -2.01. The zero-order valence-electron chi connectivity index (χ0n) is 5.13. The molecule has 0 heterocycles. The van der Waals surface area contributed by atoms with Crippen LogP contribution in [0.2, 0.25) is 0 Å². The van der Waals surface area contributed by atoms with Gasteiger partial charge >= 0.3 is 12.4 Å². The molecule has 6 heteroatoms. The maximum Gasteiger partial charge on any atom is 0.409 e. The second-order valence-electron chi connectivity index (χ2n) is 1.76. The molecule has 0 rings (SSSR count). The van der Waals surface area contributed by atoms with Gasteiger partial charge in [-0.3, -0.25) is 0 Å².